The van der Waals surface area contributed by atoms with Crippen LogP contribution in [-0.2, 0) is 14.2 Å². The quantitative estimate of drug-likeness (QED) is 0.503. The van der Waals surface area contributed by atoms with Crippen LogP contribution in [-0.4, -0.2) is 37.1 Å². The molecule has 0 aromatic carbocycles. The van der Waals surface area contributed by atoms with Crippen LogP contribution in [0.15, 0.2) is 0 Å². The van der Waals surface area contributed by atoms with Gasteiger partial charge in [0.2, 0.25) is 0 Å². The van der Waals surface area contributed by atoms with Crippen molar-refractivity contribution in [3.8, 4) is 0 Å². The van der Waals surface area contributed by atoms with Gasteiger partial charge in [0.25, 0.3) is 0 Å². The van der Waals surface area contributed by atoms with E-state index in [9.17, 15) is 14.2 Å². The molecule has 4 N–H and O–H groups in total. The second kappa shape index (κ2) is 3.59. The first-order valence-electron chi connectivity index (χ1n) is 4.25. The molecule has 0 aromatic rings. The van der Waals surface area contributed by atoms with E-state index in [2.05, 4.69) is 0 Å². The summed E-state index contributed by atoms with van der Waals surface area (Å²) in [7, 11) is -4.99. The van der Waals surface area contributed by atoms with Crippen molar-refractivity contribution in [1.29, 1.82) is 0 Å². The van der Waals surface area contributed by atoms with Crippen LogP contribution in [0.2, 0.25) is 0 Å². The normalized spacial score (nSPS) is 31.5. The average molecular weight is 238 g/mol. The number of hydrogen-bond donors (Lipinski definition) is 4. The van der Waals surface area contributed by atoms with E-state index in [0.29, 0.717) is 0 Å². The zero-order chi connectivity index (χ0) is 11.9. The number of rotatable bonds is 3. The van der Waals surface area contributed by atoms with Crippen molar-refractivity contribution in [2.45, 2.75) is 24.4 Å². The highest BCUT2D eigenvalue weighted by Crippen LogP contribution is 2.61. The Kier molecular flexibility index (Phi) is 2.91. The highest BCUT2D eigenvalue weighted by atomic mass is 31.2. The lowest BCUT2D eigenvalue weighted by Gasteiger charge is -2.29. The molecule has 2 unspecified atom stereocenters. The van der Waals surface area contributed by atoms with Gasteiger partial charge in [-0.2, -0.15) is 0 Å². The van der Waals surface area contributed by atoms with E-state index in [1.54, 1.807) is 0 Å². The summed E-state index contributed by atoms with van der Waals surface area (Å²) in [4.78, 5) is 39.7. The van der Waals surface area contributed by atoms with Crippen molar-refractivity contribution < 1.29 is 34.2 Å². The summed E-state index contributed by atoms with van der Waals surface area (Å²) in [6.07, 6.45) is -0.134. The minimum Gasteiger partial charge on any atom is -0.481 e. The van der Waals surface area contributed by atoms with Gasteiger partial charge >= 0.3 is 19.5 Å². The van der Waals surface area contributed by atoms with E-state index in [1.165, 1.54) is 0 Å². The van der Waals surface area contributed by atoms with Gasteiger partial charge < -0.3 is 20.0 Å². The first-order valence-corrected chi connectivity index (χ1v) is 5.86. The first kappa shape index (κ1) is 12.2. The number of carboxylic acids is 2. The minimum absolute atomic E-state index is 0.0211. The van der Waals surface area contributed by atoms with Gasteiger partial charge in [-0.1, -0.05) is 6.42 Å². The summed E-state index contributed by atoms with van der Waals surface area (Å²) in [5.74, 6) is -4.73. The molecule has 0 amide bonds. The standard InChI is InChI=1S/C7H11O7P/c8-5(9)4-2-1-3-7(4,6(10)11)15(12,13)14/h4H,1-3H2,(H,8,9)(H,10,11)(H2,12,13,14). The first-order chi connectivity index (χ1) is 6.73. The maximum Gasteiger partial charge on any atom is 0.343 e. The predicted octanol–water partition coefficient (Wildman–Crippen LogP) is -0.128. The second-order valence-corrected chi connectivity index (χ2v) is 5.44. The molecule has 0 spiro atoms. The Labute approximate surface area is 84.9 Å². The Bertz CT molecular complexity index is 345. The molecule has 1 aliphatic carbocycles. The Morgan fingerprint density at radius 2 is 1.80 bits per heavy atom. The lowest BCUT2D eigenvalue weighted by Crippen LogP contribution is -2.45. The van der Waals surface area contributed by atoms with E-state index in [4.69, 9.17) is 20.0 Å². The fourth-order valence-electron chi connectivity index (χ4n) is 2.05. The lowest BCUT2D eigenvalue weighted by molar-refractivity contribution is -0.151. The highest BCUT2D eigenvalue weighted by Gasteiger charge is 2.63. The fourth-order valence-corrected chi connectivity index (χ4v) is 3.39. The van der Waals surface area contributed by atoms with Crippen molar-refractivity contribution in [3.63, 3.8) is 0 Å². The maximum absolute atomic E-state index is 11.2. The molecule has 8 heteroatoms. The molecule has 1 aliphatic rings. The van der Waals surface area contributed by atoms with Crippen LogP contribution in [0, 0.1) is 5.92 Å². The summed E-state index contributed by atoms with van der Waals surface area (Å²) < 4.78 is 11.2. The number of carboxylic acid groups (broad SMARTS) is 2. The monoisotopic (exact) mass is 238 g/mol. The molecule has 0 aliphatic heterocycles. The van der Waals surface area contributed by atoms with Crippen molar-refractivity contribution in [2.24, 2.45) is 5.92 Å². The van der Waals surface area contributed by atoms with E-state index in [-0.39, 0.29) is 19.3 Å². The third kappa shape index (κ3) is 1.67. The summed E-state index contributed by atoms with van der Waals surface area (Å²) in [5, 5.41) is 15.2. The smallest absolute Gasteiger partial charge is 0.343 e. The fraction of sp³-hybridized carbons (Fsp3) is 0.714. The van der Waals surface area contributed by atoms with Crippen molar-refractivity contribution in [3.05, 3.63) is 0 Å². The largest absolute Gasteiger partial charge is 0.481 e. The van der Waals surface area contributed by atoms with Crippen LogP contribution >= 0.6 is 7.60 Å². The van der Waals surface area contributed by atoms with E-state index in [0.717, 1.165) is 0 Å². The molecule has 86 valence electrons. The van der Waals surface area contributed by atoms with Crippen molar-refractivity contribution in [1.82, 2.24) is 0 Å². The predicted molar refractivity (Wildman–Crippen MR) is 47.4 cm³/mol. The van der Waals surface area contributed by atoms with Gasteiger partial charge in [0.05, 0.1) is 5.92 Å². The molecule has 0 radical (unpaired) electrons. The molecule has 7 nitrogen and oxygen atoms in total. The third-order valence-corrected chi connectivity index (χ3v) is 4.58. The van der Waals surface area contributed by atoms with Crippen molar-refractivity contribution >= 4 is 19.5 Å². The van der Waals surface area contributed by atoms with E-state index >= 15 is 0 Å². The molecule has 2 atom stereocenters. The van der Waals surface area contributed by atoms with Crippen molar-refractivity contribution in [2.75, 3.05) is 0 Å². The maximum atomic E-state index is 11.2. The molecule has 15 heavy (non-hydrogen) atoms. The zero-order valence-electron chi connectivity index (χ0n) is 7.66. The van der Waals surface area contributed by atoms with Crippen LogP contribution < -0.4 is 0 Å². The minimum atomic E-state index is -4.99. The van der Waals surface area contributed by atoms with Crippen LogP contribution in [0.5, 0.6) is 0 Å². The van der Waals surface area contributed by atoms with Gasteiger partial charge in [0.15, 0.2) is 5.16 Å². The molecular weight excluding hydrogens is 227 g/mol. The van der Waals surface area contributed by atoms with E-state index < -0.39 is 30.6 Å². The van der Waals surface area contributed by atoms with Crippen LogP contribution in [0.25, 0.3) is 0 Å². The molecule has 1 fully saturated rings. The Hall–Kier alpha value is -0.910. The van der Waals surface area contributed by atoms with Gasteiger partial charge in [-0.25, -0.2) is 0 Å². The Morgan fingerprint density at radius 1 is 1.27 bits per heavy atom. The summed E-state index contributed by atoms with van der Waals surface area (Å²) in [6.45, 7) is 0. The Balaban J connectivity index is 3.28. The van der Waals surface area contributed by atoms with Gasteiger partial charge in [0, 0.05) is 0 Å². The summed E-state index contributed by atoms with van der Waals surface area (Å²) >= 11 is 0. The van der Waals surface area contributed by atoms with Gasteiger partial charge in [-0.05, 0) is 12.8 Å². The number of hydrogen-bond acceptors (Lipinski definition) is 3. The number of aliphatic carboxylic acids is 2. The lowest BCUT2D eigenvalue weighted by atomic mass is 9.95. The molecule has 1 saturated carbocycles. The van der Waals surface area contributed by atoms with Crippen LogP contribution in [0.1, 0.15) is 19.3 Å². The van der Waals surface area contributed by atoms with Crippen LogP contribution in [0.3, 0.4) is 0 Å². The van der Waals surface area contributed by atoms with Gasteiger partial charge in [0.1, 0.15) is 0 Å². The SMILES string of the molecule is O=C(O)C1CCCC1(C(=O)O)P(=O)(O)O. The molecule has 0 saturated heterocycles. The zero-order valence-corrected chi connectivity index (χ0v) is 8.55. The third-order valence-electron chi connectivity index (χ3n) is 2.82. The second-order valence-electron chi connectivity index (χ2n) is 3.56. The topological polar surface area (TPSA) is 132 Å². The van der Waals surface area contributed by atoms with Gasteiger partial charge in [-0.15, -0.1) is 0 Å². The molecular formula is C7H11O7P. The van der Waals surface area contributed by atoms with Crippen LogP contribution in [0.4, 0.5) is 0 Å². The van der Waals surface area contributed by atoms with Gasteiger partial charge in [-0.3, -0.25) is 14.2 Å². The Morgan fingerprint density at radius 3 is 2.07 bits per heavy atom. The summed E-state index contributed by atoms with van der Waals surface area (Å²) in [6, 6.07) is 0. The molecule has 0 heterocycles. The highest BCUT2D eigenvalue weighted by molar-refractivity contribution is 7.54. The summed E-state index contributed by atoms with van der Waals surface area (Å²) in [5.41, 5.74) is 0. The average Bonchev–Trinajstić information content (AvgIpc) is 2.45. The molecule has 0 aromatic heterocycles. The number of carbonyl (C=O) groups is 2. The van der Waals surface area contributed by atoms with E-state index in [1.807, 2.05) is 0 Å². The molecule has 0 bridgehead atoms. The molecule has 1 rings (SSSR count).